The van der Waals surface area contributed by atoms with Gasteiger partial charge in [-0.25, -0.2) is 4.79 Å². The number of carbonyl (C=O) groups is 1. The van der Waals surface area contributed by atoms with E-state index in [9.17, 15) is 9.90 Å². The van der Waals surface area contributed by atoms with E-state index in [1.807, 2.05) is 53.8 Å². The van der Waals surface area contributed by atoms with Crippen LogP contribution in [0.15, 0.2) is 80.1 Å². The first-order chi connectivity index (χ1) is 19.7. The van der Waals surface area contributed by atoms with E-state index in [-0.39, 0.29) is 6.42 Å². The molecule has 5 rings (SSSR count). The zero-order valence-electron chi connectivity index (χ0n) is 23.0. The van der Waals surface area contributed by atoms with Crippen LogP contribution in [0.1, 0.15) is 29.9 Å². The third kappa shape index (κ3) is 6.13. The highest BCUT2D eigenvalue weighted by Crippen LogP contribution is 2.49. The van der Waals surface area contributed by atoms with Gasteiger partial charge in [0.25, 0.3) is 0 Å². The van der Waals surface area contributed by atoms with E-state index in [4.69, 9.17) is 4.74 Å². The van der Waals surface area contributed by atoms with Crippen molar-refractivity contribution in [2.45, 2.75) is 39.8 Å². The van der Waals surface area contributed by atoms with Gasteiger partial charge in [0.15, 0.2) is 6.10 Å². The molecule has 0 fully saturated rings. The predicted octanol–water partition coefficient (Wildman–Crippen LogP) is 10.2. The Morgan fingerprint density at radius 3 is 2.17 bits per heavy atom. The number of carboxylic acids is 1. The molecular formula is C33H30Br3NO3S. The molecule has 4 nitrogen and oxygen atoms in total. The highest BCUT2D eigenvalue weighted by atomic mass is 79.9. The second-order valence-electron chi connectivity index (χ2n) is 9.95. The number of halogens is 3. The maximum Gasteiger partial charge on any atom is 0.345 e. The highest BCUT2D eigenvalue weighted by Gasteiger charge is 2.25. The van der Waals surface area contributed by atoms with Gasteiger partial charge in [-0.1, -0.05) is 68.4 Å². The van der Waals surface area contributed by atoms with Gasteiger partial charge in [-0.15, -0.1) is 11.3 Å². The molecule has 1 aromatic heterocycles. The van der Waals surface area contributed by atoms with E-state index in [1.165, 1.54) is 20.5 Å². The Bertz CT molecular complexity index is 1710. The highest BCUT2D eigenvalue weighted by molar-refractivity contribution is 9.11. The summed E-state index contributed by atoms with van der Waals surface area (Å²) in [5.74, 6) is -0.536. The molecule has 212 valence electrons. The van der Waals surface area contributed by atoms with Gasteiger partial charge in [-0.3, -0.25) is 4.90 Å². The van der Waals surface area contributed by atoms with Crippen LogP contribution in [0.25, 0.3) is 32.0 Å². The standard InChI is InChI=1S/C33H30Br3NO3S/c1-4-37(5-2)18-27-19(3)28-29(22-13-9-10-14-23(22)30(36)32(28)41-27)21-16-24(34)31(25(35)17-21)40-26(33(38)39)15-20-11-7-6-8-12-20/h6-14,16-17,26H,4-5,15,18H2,1-3H3,(H,38,39)/t26-/m1/s1. The van der Waals surface area contributed by atoms with Crippen molar-refractivity contribution in [2.75, 3.05) is 13.1 Å². The molecule has 1 heterocycles. The van der Waals surface area contributed by atoms with Crippen molar-refractivity contribution < 1.29 is 14.6 Å². The Labute approximate surface area is 269 Å². The van der Waals surface area contributed by atoms with Crippen LogP contribution >= 0.6 is 59.1 Å². The van der Waals surface area contributed by atoms with Crippen LogP contribution in [0.4, 0.5) is 0 Å². The molecule has 0 aliphatic heterocycles. The number of thiophene rings is 1. The van der Waals surface area contributed by atoms with Gasteiger partial charge >= 0.3 is 5.97 Å². The molecule has 8 heteroatoms. The summed E-state index contributed by atoms with van der Waals surface area (Å²) in [5, 5.41) is 13.5. The molecule has 4 aromatic carbocycles. The lowest BCUT2D eigenvalue weighted by atomic mass is 9.93. The van der Waals surface area contributed by atoms with E-state index in [0.717, 1.165) is 51.6 Å². The first-order valence-corrected chi connectivity index (χ1v) is 16.7. The van der Waals surface area contributed by atoms with Crippen molar-refractivity contribution >= 4 is 86.0 Å². The summed E-state index contributed by atoms with van der Waals surface area (Å²) in [6.07, 6.45) is -0.768. The van der Waals surface area contributed by atoms with E-state index in [1.54, 1.807) is 0 Å². The van der Waals surface area contributed by atoms with E-state index in [0.29, 0.717) is 14.7 Å². The molecule has 0 saturated carbocycles. The number of benzene rings is 4. The first kappa shape index (κ1) is 30.2. The summed E-state index contributed by atoms with van der Waals surface area (Å²) >= 11 is 13.2. The summed E-state index contributed by atoms with van der Waals surface area (Å²) in [5.41, 5.74) is 4.38. The minimum absolute atomic E-state index is 0.262. The number of aryl methyl sites for hydroxylation is 1. The average molecular weight is 760 g/mol. The smallest absolute Gasteiger partial charge is 0.345 e. The lowest BCUT2D eigenvalue weighted by Crippen LogP contribution is -2.29. The minimum atomic E-state index is -1.03. The molecule has 5 aromatic rings. The van der Waals surface area contributed by atoms with E-state index >= 15 is 0 Å². The molecule has 0 saturated heterocycles. The fraction of sp³-hybridized carbons (Fsp3) is 0.242. The van der Waals surface area contributed by atoms with Crippen molar-refractivity contribution in [1.29, 1.82) is 0 Å². The SMILES string of the molecule is CCN(CC)Cc1sc2c(Br)c3ccccc3c(-c3cc(Br)c(O[C@H](Cc4ccccc4)C(=O)O)c(Br)c3)c2c1C. The molecule has 0 bridgehead atoms. The largest absolute Gasteiger partial charge is 0.478 e. The number of aliphatic carboxylic acids is 1. The Kier molecular flexibility index (Phi) is 9.56. The number of hydrogen-bond acceptors (Lipinski definition) is 4. The Morgan fingerprint density at radius 1 is 0.951 bits per heavy atom. The third-order valence-electron chi connectivity index (χ3n) is 7.48. The van der Waals surface area contributed by atoms with Crippen molar-refractivity contribution in [3.63, 3.8) is 0 Å². The van der Waals surface area contributed by atoms with E-state index in [2.05, 4.69) is 97.7 Å². The van der Waals surface area contributed by atoms with Gasteiger partial charge < -0.3 is 9.84 Å². The number of nitrogens with zero attached hydrogens (tertiary/aromatic N) is 1. The quantitative estimate of drug-likeness (QED) is 0.154. The third-order valence-corrected chi connectivity index (χ3v) is 11.0. The van der Waals surface area contributed by atoms with Gasteiger partial charge in [0.1, 0.15) is 5.75 Å². The molecule has 0 aliphatic carbocycles. The van der Waals surface area contributed by atoms with Crippen LogP contribution in [-0.4, -0.2) is 35.2 Å². The maximum atomic E-state index is 12.1. The lowest BCUT2D eigenvalue weighted by molar-refractivity contribution is -0.145. The summed E-state index contributed by atoms with van der Waals surface area (Å²) < 4.78 is 9.86. The second kappa shape index (κ2) is 13.0. The predicted molar refractivity (Wildman–Crippen MR) is 181 cm³/mol. The normalized spacial score (nSPS) is 12.4. The molecule has 0 unspecified atom stereocenters. The minimum Gasteiger partial charge on any atom is -0.478 e. The topological polar surface area (TPSA) is 49.8 Å². The number of rotatable bonds is 10. The molecule has 1 atom stereocenters. The average Bonchev–Trinajstić information content (AvgIpc) is 3.29. The number of carboxylic acid groups (broad SMARTS) is 1. The van der Waals surface area contributed by atoms with E-state index < -0.39 is 12.1 Å². The fourth-order valence-electron chi connectivity index (χ4n) is 5.23. The molecule has 1 N–H and O–H groups in total. The van der Waals surface area contributed by atoms with Gasteiger partial charge in [0, 0.05) is 27.7 Å². The fourth-order valence-corrected chi connectivity index (χ4v) is 8.70. The van der Waals surface area contributed by atoms with Crippen molar-refractivity contribution in [2.24, 2.45) is 0 Å². The molecule has 41 heavy (non-hydrogen) atoms. The van der Waals surface area contributed by atoms with Crippen LogP contribution in [0, 0.1) is 6.92 Å². The van der Waals surface area contributed by atoms with Crippen LogP contribution in [0.5, 0.6) is 5.75 Å². The number of ether oxygens (including phenoxy) is 1. The number of fused-ring (bicyclic) bond motifs is 2. The van der Waals surface area contributed by atoms with Crippen LogP contribution < -0.4 is 4.74 Å². The zero-order valence-corrected chi connectivity index (χ0v) is 28.6. The summed E-state index contributed by atoms with van der Waals surface area (Å²) in [4.78, 5) is 15.9. The summed E-state index contributed by atoms with van der Waals surface area (Å²) in [7, 11) is 0. The molecule has 0 radical (unpaired) electrons. The van der Waals surface area contributed by atoms with Gasteiger partial charge in [-0.05, 0) is 113 Å². The summed E-state index contributed by atoms with van der Waals surface area (Å²) in [6.45, 7) is 9.56. The number of hydrogen-bond donors (Lipinski definition) is 1. The molecule has 0 aliphatic rings. The Hall–Kier alpha value is -2.23. The van der Waals surface area contributed by atoms with Crippen LogP contribution in [0.3, 0.4) is 0 Å². The lowest BCUT2D eigenvalue weighted by Gasteiger charge is -2.19. The van der Waals surface area contributed by atoms with Gasteiger partial charge in [0.05, 0.1) is 13.6 Å². The Morgan fingerprint density at radius 2 is 1.56 bits per heavy atom. The van der Waals surface area contributed by atoms with Crippen LogP contribution in [-0.2, 0) is 17.8 Å². The summed E-state index contributed by atoms with van der Waals surface area (Å²) in [6, 6.07) is 22.1. The monoisotopic (exact) mass is 757 g/mol. The van der Waals surface area contributed by atoms with Crippen LogP contribution in [0.2, 0.25) is 0 Å². The van der Waals surface area contributed by atoms with Crippen molar-refractivity contribution in [3.05, 3.63) is 96.2 Å². The van der Waals surface area contributed by atoms with Gasteiger partial charge in [0.2, 0.25) is 0 Å². The maximum absolute atomic E-state index is 12.1. The molecule has 0 amide bonds. The molecule has 0 spiro atoms. The molecular weight excluding hydrogens is 730 g/mol. The van der Waals surface area contributed by atoms with Crippen molar-refractivity contribution in [3.8, 4) is 16.9 Å². The van der Waals surface area contributed by atoms with Gasteiger partial charge in [-0.2, -0.15) is 0 Å². The second-order valence-corrected chi connectivity index (χ2v) is 13.6. The first-order valence-electron chi connectivity index (χ1n) is 13.5. The Balaban J connectivity index is 1.64. The van der Waals surface area contributed by atoms with Crippen molar-refractivity contribution in [1.82, 2.24) is 4.90 Å². The zero-order chi connectivity index (χ0) is 29.3.